The van der Waals surface area contributed by atoms with Crippen LogP contribution in [0.4, 0.5) is 0 Å². The molecular formula is C19H29NO4. The minimum Gasteiger partial charge on any atom is -0.466 e. The molecule has 0 saturated heterocycles. The van der Waals surface area contributed by atoms with Crippen molar-refractivity contribution in [2.75, 3.05) is 13.7 Å². The molecule has 0 fully saturated rings. The minimum absolute atomic E-state index is 0.171. The molecule has 0 bridgehead atoms. The number of benzene rings is 1. The second-order valence-electron chi connectivity index (χ2n) is 7.21. The summed E-state index contributed by atoms with van der Waals surface area (Å²) in [5.41, 5.74) is -0.367. The Bertz CT molecular complexity index is 550. The molecule has 0 saturated carbocycles. The van der Waals surface area contributed by atoms with E-state index in [0.717, 1.165) is 5.56 Å². The molecule has 0 aliphatic carbocycles. The first kappa shape index (κ1) is 20.2. The van der Waals surface area contributed by atoms with Crippen LogP contribution < -0.4 is 0 Å². The molecular weight excluding hydrogens is 306 g/mol. The van der Waals surface area contributed by atoms with Crippen LogP contribution >= 0.6 is 0 Å². The SMILES string of the molecule is CC(=O)OCCC(C)(C(=O)OC(C)(C)C)N(C)Cc1ccccc1. The molecule has 0 aliphatic heterocycles. The van der Waals surface area contributed by atoms with Crippen molar-refractivity contribution in [3.8, 4) is 0 Å². The van der Waals surface area contributed by atoms with E-state index >= 15 is 0 Å². The third-order valence-electron chi connectivity index (χ3n) is 3.84. The van der Waals surface area contributed by atoms with Gasteiger partial charge in [0.15, 0.2) is 0 Å². The number of nitrogens with zero attached hydrogens (tertiary/aromatic N) is 1. The Labute approximate surface area is 144 Å². The molecule has 0 spiro atoms. The molecule has 0 aromatic heterocycles. The van der Waals surface area contributed by atoms with Crippen molar-refractivity contribution in [3.05, 3.63) is 35.9 Å². The van der Waals surface area contributed by atoms with Gasteiger partial charge in [-0.25, -0.2) is 0 Å². The van der Waals surface area contributed by atoms with Crippen LogP contribution in [0.25, 0.3) is 0 Å². The van der Waals surface area contributed by atoms with E-state index in [2.05, 4.69) is 0 Å². The van der Waals surface area contributed by atoms with Crippen molar-refractivity contribution < 1.29 is 19.1 Å². The van der Waals surface area contributed by atoms with Crippen LogP contribution in [0, 0.1) is 0 Å². The van der Waals surface area contributed by atoms with Gasteiger partial charge < -0.3 is 9.47 Å². The van der Waals surface area contributed by atoms with Crippen LogP contribution in [0.1, 0.15) is 46.6 Å². The summed E-state index contributed by atoms with van der Waals surface area (Å²) < 4.78 is 10.6. The van der Waals surface area contributed by atoms with E-state index in [9.17, 15) is 9.59 Å². The highest BCUT2D eigenvalue weighted by Gasteiger charge is 2.40. The molecule has 1 atom stereocenters. The molecule has 5 nitrogen and oxygen atoms in total. The Balaban J connectivity index is 2.93. The number of esters is 2. The molecule has 1 aromatic rings. The molecule has 0 radical (unpaired) electrons. The largest absolute Gasteiger partial charge is 0.466 e. The zero-order valence-corrected chi connectivity index (χ0v) is 15.6. The van der Waals surface area contributed by atoms with E-state index in [1.165, 1.54) is 6.92 Å². The highest BCUT2D eigenvalue weighted by Crippen LogP contribution is 2.25. The zero-order chi connectivity index (χ0) is 18.4. The summed E-state index contributed by atoms with van der Waals surface area (Å²) in [5, 5.41) is 0. The van der Waals surface area contributed by atoms with Crippen LogP contribution in [0.5, 0.6) is 0 Å². The van der Waals surface area contributed by atoms with Gasteiger partial charge in [0.25, 0.3) is 0 Å². The zero-order valence-electron chi connectivity index (χ0n) is 15.6. The van der Waals surface area contributed by atoms with Gasteiger partial charge in [-0.05, 0) is 40.3 Å². The maximum absolute atomic E-state index is 12.8. The number of hydrogen-bond donors (Lipinski definition) is 0. The normalized spacial score (nSPS) is 14.1. The summed E-state index contributed by atoms with van der Waals surface area (Å²) in [5.74, 6) is -0.673. The van der Waals surface area contributed by atoms with Gasteiger partial charge in [0, 0.05) is 19.9 Å². The van der Waals surface area contributed by atoms with Crippen LogP contribution in [-0.4, -0.2) is 41.6 Å². The quantitative estimate of drug-likeness (QED) is 0.716. The van der Waals surface area contributed by atoms with Gasteiger partial charge in [-0.2, -0.15) is 0 Å². The molecule has 0 N–H and O–H groups in total. The van der Waals surface area contributed by atoms with E-state index in [0.29, 0.717) is 13.0 Å². The van der Waals surface area contributed by atoms with Gasteiger partial charge in [-0.3, -0.25) is 14.5 Å². The second kappa shape index (κ2) is 8.29. The standard InChI is InChI=1S/C19H29NO4/c1-15(21)23-13-12-19(5,17(22)24-18(2,3)4)20(6)14-16-10-8-7-9-11-16/h7-11H,12-14H2,1-6H3. The Morgan fingerprint density at radius 1 is 1.08 bits per heavy atom. The molecule has 1 aromatic carbocycles. The smallest absolute Gasteiger partial charge is 0.326 e. The van der Waals surface area contributed by atoms with E-state index in [1.54, 1.807) is 0 Å². The van der Waals surface area contributed by atoms with Crippen LogP contribution in [0.2, 0.25) is 0 Å². The Kier molecular flexibility index (Phi) is 6.96. The summed E-state index contributed by atoms with van der Waals surface area (Å²) in [6.07, 6.45) is 0.366. The summed E-state index contributed by atoms with van der Waals surface area (Å²) >= 11 is 0. The Morgan fingerprint density at radius 2 is 1.67 bits per heavy atom. The maximum Gasteiger partial charge on any atom is 0.326 e. The van der Waals surface area contributed by atoms with Crippen molar-refractivity contribution in [2.24, 2.45) is 0 Å². The van der Waals surface area contributed by atoms with Crippen molar-refractivity contribution >= 4 is 11.9 Å². The first-order chi connectivity index (χ1) is 11.0. The second-order valence-corrected chi connectivity index (χ2v) is 7.21. The lowest BCUT2D eigenvalue weighted by Crippen LogP contribution is -2.53. The van der Waals surface area contributed by atoms with Crippen molar-refractivity contribution in [1.82, 2.24) is 4.90 Å². The number of hydrogen-bond acceptors (Lipinski definition) is 5. The Morgan fingerprint density at radius 3 is 2.17 bits per heavy atom. The van der Waals surface area contributed by atoms with Gasteiger partial charge in [-0.15, -0.1) is 0 Å². The van der Waals surface area contributed by atoms with Gasteiger partial charge in [0.05, 0.1) is 6.61 Å². The van der Waals surface area contributed by atoms with Gasteiger partial charge in [0.2, 0.25) is 0 Å². The van der Waals surface area contributed by atoms with Gasteiger partial charge in [-0.1, -0.05) is 30.3 Å². The van der Waals surface area contributed by atoms with E-state index in [-0.39, 0.29) is 18.5 Å². The molecule has 1 unspecified atom stereocenters. The van der Waals surface area contributed by atoms with Crippen LogP contribution in [0.3, 0.4) is 0 Å². The number of carbonyl (C=O) groups excluding carboxylic acids is 2. The molecule has 1 rings (SSSR count). The number of likely N-dealkylation sites (N-methyl/N-ethyl adjacent to an activating group) is 1. The molecule has 0 heterocycles. The third kappa shape index (κ3) is 6.32. The first-order valence-electron chi connectivity index (χ1n) is 8.16. The van der Waals surface area contributed by atoms with Crippen molar-refractivity contribution in [1.29, 1.82) is 0 Å². The van der Waals surface area contributed by atoms with Gasteiger partial charge >= 0.3 is 11.9 Å². The van der Waals surface area contributed by atoms with Crippen molar-refractivity contribution in [2.45, 2.75) is 58.7 Å². The molecule has 0 amide bonds. The topological polar surface area (TPSA) is 55.8 Å². The predicted molar refractivity (Wildman–Crippen MR) is 93.4 cm³/mol. The number of rotatable bonds is 7. The monoisotopic (exact) mass is 335 g/mol. The van der Waals surface area contributed by atoms with Gasteiger partial charge in [0.1, 0.15) is 11.1 Å². The summed E-state index contributed by atoms with van der Waals surface area (Å²) in [6.45, 7) is 9.48. The summed E-state index contributed by atoms with van der Waals surface area (Å²) in [7, 11) is 1.88. The molecule has 134 valence electrons. The van der Waals surface area contributed by atoms with Crippen LogP contribution in [-0.2, 0) is 25.6 Å². The highest BCUT2D eigenvalue weighted by molar-refractivity contribution is 5.80. The lowest BCUT2D eigenvalue weighted by molar-refractivity contribution is -0.171. The summed E-state index contributed by atoms with van der Waals surface area (Å²) in [6, 6.07) is 9.91. The third-order valence-corrected chi connectivity index (χ3v) is 3.84. The number of carbonyl (C=O) groups is 2. The Hall–Kier alpha value is -1.88. The fraction of sp³-hybridized carbons (Fsp3) is 0.579. The van der Waals surface area contributed by atoms with Crippen LogP contribution in [0.15, 0.2) is 30.3 Å². The lowest BCUT2D eigenvalue weighted by atomic mass is 9.95. The minimum atomic E-state index is -0.890. The maximum atomic E-state index is 12.8. The molecule has 0 aliphatic rings. The molecule has 5 heteroatoms. The average Bonchev–Trinajstić information content (AvgIpc) is 2.45. The fourth-order valence-electron chi connectivity index (χ4n) is 2.26. The average molecular weight is 335 g/mol. The lowest BCUT2D eigenvalue weighted by Gasteiger charge is -2.38. The van der Waals surface area contributed by atoms with E-state index < -0.39 is 11.1 Å². The molecule has 24 heavy (non-hydrogen) atoms. The predicted octanol–water partition coefficient (Wildman–Crippen LogP) is 3.17. The fourth-order valence-corrected chi connectivity index (χ4v) is 2.26. The van der Waals surface area contributed by atoms with E-state index in [4.69, 9.17) is 9.47 Å². The number of ether oxygens (including phenoxy) is 2. The first-order valence-corrected chi connectivity index (χ1v) is 8.16. The highest BCUT2D eigenvalue weighted by atomic mass is 16.6. The summed E-state index contributed by atoms with van der Waals surface area (Å²) in [4.78, 5) is 25.8. The van der Waals surface area contributed by atoms with E-state index in [1.807, 2.05) is 70.0 Å². The van der Waals surface area contributed by atoms with Crippen molar-refractivity contribution in [3.63, 3.8) is 0 Å².